The summed E-state index contributed by atoms with van der Waals surface area (Å²) in [5.74, 6) is -0.256. The first-order chi connectivity index (χ1) is 49.1. The number of hydrogen-bond donors (Lipinski definition) is 9. The normalized spacial score (nSPS) is 22.5. The van der Waals surface area contributed by atoms with Crippen molar-refractivity contribution in [2.24, 2.45) is 0 Å². The van der Waals surface area contributed by atoms with Crippen LogP contribution in [0.4, 0.5) is 0 Å². The summed E-state index contributed by atoms with van der Waals surface area (Å²) >= 11 is 0. The second-order valence-electron chi connectivity index (χ2n) is 28.1. The Balaban J connectivity index is 1.64. The van der Waals surface area contributed by atoms with E-state index in [1.54, 1.807) is 6.08 Å². The highest BCUT2D eigenvalue weighted by atomic mass is 16.7. The first-order valence-electron chi connectivity index (χ1n) is 40.8. The fraction of sp³-hybridized carbons (Fsp3) is 0.756. The van der Waals surface area contributed by atoms with Crippen molar-refractivity contribution in [1.82, 2.24) is 5.32 Å². The van der Waals surface area contributed by atoms with E-state index >= 15 is 0 Å². The lowest BCUT2D eigenvalue weighted by Crippen LogP contribution is -2.65. The highest BCUT2D eigenvalue weighted by Gasteiger charge is 2.51. The van der Waals surface area contributed by atoms with Crippen molar-refractivity contribution in [2.75, 3.05) is 19.8 Å². The average molecular weight is 1410 g/mol. The van der Waals surface area contributed by atoms with Gasteiger partial charge < -0.3 is 65.1 Å². The molecule has 0 bridgehead atoms. The maximum atomic E-state index is 13.4. The van der Waals surface area contributed by atoms with E-state index in [4.69, 9.17) is 18.9 Å². The number of ether oxygens (including phenoxy) is 4. The van der Waals surface area contributed by atoms with E-state index in [-0.39, 0.29) is 18.9 Å². The molecule has 100 heavy (non-hydrogen) atoms. The van der Waals surface area contributed by atoms with Gasteiger partial charge >= 0.3 is 0 Å². The van der Waals surface area contributed by atoms with Gasteiger partial charge in [-0.15, -0.1) is 0 Å². The van der Waals surface area contributed by atoms with Gasteiger partial charge in [0.15, 0.2) is 12.6 Å². The Hall–Kier alpha value is -3.61. The van der Waals surface area contributed by atoms with Gasteiger partial charge in [0.2, 0.25) is 5.91 Å². The van der Waals surface area contributed by atoms with Crippen LogP contribution in [0.25, 0.3) is 0 Å². The summed E-state index contributed by atoms with van der Waals surface area (Å²) in [7, 11) is 0. The Morgan fingerprint density at radius 2 is 0.700 bits per heavy atom. The summed E-state index contributed by atoms with van der Waals surface area (Å²) in [5, 5.41) is 87.7. The fourth-order valence-corrected chi connectivity index (χ4v) is 12.7. The standard InChI is InChI=1S/C86H149NO13/c1-3-5-7-9-11-13-15-17-19-21-23-25-27-29-31-33-35-36-37-38-40-42-44-46-48-50-52-54-56-58-60-62-64-66-68-70-78(91)87-74(73-97-85-83(96)81(94)84(77(72-89)99-85)100-86-82(95)80(93)79(92)76(71-88)98-86)75(90)69-67-65-63-61-59-57-55-53-51-49-47-45-43-41-39-34-32-30-28-26-24-22-20-18-16-14-12-10-8-6-4-2/h5,7,11,13,17,19,23,25,29,31,35-36,38,40,51,53,59,61,67,69,74-77,79-86,88-90,92-96H,3-4,6,8-10,12,14-16,18,20-22,24,26-28,30,32-34,37,39,41-50,52,54-58,60,62-66,68,70-73H2,1-2H3,(H,87,91)/b7-5-,13-11-,19-17-,25-23-,31-29-,36-35-,40-38-,53-51+,61-59+,69-67+. The molecule has 2 saturated heterocycles. The van der Waals surface area contributed by atoms with Crippen LogP contribution in [0.15, 0.2) is 122 Å². The van der Waals surface area contributed by atoms with Crippen LogP contribution < -0.4 is 5.32 Å². The third-order valence-electron chi connectivity index (χ3n) is 19.1. The van der Waals surface area contributed by atoms with Gasteiger partial charge in [-0.3, -0.25) is 4.79 Å². The molecule has 2 aliphatic rings. The zero-order valence-corrected chi connectivity index (χ0v) is 63.2. The Bertz CT molecular complexity index is 2150. The van der Waals surface area contributed by atoms with E-state index in [0.29, 0.717) is 12.8 Å². The molecule has 14 nitrogen and oxygen atoms in total. The van der Waals surface area contributed by atoms with E-state index in [1.807, 2.05) is 6.08 Å². The first-order valence-corrected chi connectivity index (χ1v) is 40.8. The minimum absolute atomic E-state index is 0.256. The summed E-state index contributed by atoms with van der Waals surface area (Å²) < 4.78 is 22.9. The summed E-state index contributed by atoms with van der Waals surface area (Å²) in [6.45, 7) is 2.69. The number of aliphatic hydroxyl groups excluding tert-OH is 8. The Labute approximate surface area is 609 Å². The maximum absolute atomic E-state index is 13.4. The molecule has 0 spiro atoms. The molecule has 0 aliphatic carbocycles. The molecule has 0 radical (unpaired) electrons. The van der Waals surface area contributed by atoms with Gasteiger partial charge in [0.05, 0.1) is 32.0 Å². The predicted octanol–water partition coefficient (Wildman–Crippen LogP) is 18.8. The van der Waals surface area contributed by atoms with Gasteiger partial charge in [-0.2, -0.15) is 0 Å². The third-order valence-corrected chi connectivity index (χ3v) is 19.1. The van der Waals surface area contributed by atoms with Crippen LogP contribution in [-0.4, -0.2) is 140 Å². The quantitative estimate of drug-likeness (QED) is 0.0204. The molecule has 12 unspecified atom stereocenters. The Kier molecular flexibility index (Phi) is 63.3. The SMILES string of the molecule is CC/C=C\C/C=C\C/C=C\C/C=C\C/C=C\C/C=C\C/C=C\CCCCCCCCCCCCCCCC(=O)NC(COC1OC(CO)C(OC2OC(CO)C(O)C(O)C2O)C(O)C1O)C(O)/C=C/CC/C=C/CC/C=C/CCCCCCCCCCCCCCCCCCCCCCC. The minimum atomic E-state index is -1.80. The fourth-order valence-electron chi connectivity index (χ4n) is 12.7. The molecule has 0 aromatic heterocycles. The van der Waals surface area contributed by atoms with Gasteiger partial charge in [0, 0.05) is 6.42 Å². The van der Waals surface area contributed by atoms with E-state index in [9.17, 15) is 45.6 Å². The molecule has 2 aliphatic heterocycles. The molecule has 2 rings (SSSR count). The first kappa shape index (κ1) is 92.5. The lowest BCUT2D eigenvalue weighted by Gasteiger charge is -2.46. The van der Waals surface area contributed by atoms with Gasteiger partial charge in [-0.25, -0.2) is 0 Å². The van der Waals surface area contributed by atoms with Crippen LogP contribution in [0.1, 0.15) is 322 Å². The molecule has 2 fully saturated rings. The Morgan fingerprint density at radius 3 is 1.10 bits per heavy atom. The zero-order valence-electron chi connectivity index (χ0n) is 63.2. The second-order valence-corrected chi connectivity index (χ2v) is 28.1. The van der Waals surface area contributed by atoms with E-state index in [0.717, 1.165) is 96.3 Å². The van der Waals surface area contributed by atoms with Crippen molar-refractivity contribution in [3.05, 3.63) is 122 Å². The smallest absolute Gasteiger partial charge is 0.220 e. The highest BCUT2D eigenvalue weighted by Crippen LogP contribution is 2.30. The van der Waals surface area contributed by atoms with Crippen LogP contribution in [0.2, 0.25) is 0 Å². The third kappa shape index (κ3) is 50.7. The maximum Gasteiger partial charge on any atom is 0.220 e. The monoisotopic (exact) mass is 1400 g/mol. The van der Waals surface area contributed by atoms with E-state index in [2.05, 4.69) is 129 Å². The number of allylic oxidation sites excluding steroid dienone is 19. The molecule has 12 atom stereocenters. The van der Waals surface area contributed by atoms with Crippen molar-refractivity contribution < 1.29 is 64.6 Å². The second kappa shape index (κ2) is 68.5. The van der Waals surface area contributed by atoms with Crippen LogP contribution in [-0.2, 0) is 23.7 Å². The highest BCUT2D eigenvalue weighted by molar-refractivity contribution is 5.76. The summed E-state index contributed by atoms with van der Waals surface area (Å²) in [4.78, 5) is 13.4. The van der Waals surface area contributed by atoms with Crippen LogP contribution in [0, 0.1) is 0 Å². The average Bonchev–Trinajstić information content (AvgIpc) is 0.790. The van der Waals surface area contributed by atoms with E-state index in [1.165, 1.54) is 193 Å². The van der Waals surface area contributed by atoms with Crippen molar-refractivity contribution >= 4 is 5.91 Å². The lowest BCUT2D eigenvalue weighted by atomic mass is 9.97. The molecule has 9 N–H and O–H groups in total. The van der Waals surface area contributed by atoms with Crippen LogP contribution in [0.3, 0.4) is 0 Å². The number of hydrogen-bond acceptors (Lipinski definition) is 13. The van der Waals surface area contributed by atoms with Crippen molar-refractivity contribution in [3.8, 4) is 0 Å². The number of carbonyl (C=O) groups is 1. The number of nitrogens with one attached hydrogen (secondary N) is 1. The number of rotatable bonds is 67. The zero-order chi connectivity index (χ0) is 72.2. The van der Waals surface area contributed by atoms with Crippen molar-refractivity contribution in [1.29, 1.82) is 0 Å². The van der Waals surface area contributed by atoms with Crippen LogP contribution in [0.5, 0.6) is 0 Å². The predicted molar refractivity (Wildman–Crippen MR) is 415 cm³/mol. The van der Waals surface area contributed by atoms with Crippen molar-refractivity contribution in [2.45, 2.75) is 396 Å². The number of unbranched alkanes of at least 4 members (excludes halogenated alkanes) is 36. The van der Waals surface area contributed by atoms with Crippen molar-refractivity contribution in [3.63, 3.8) is 0 Å². The summed E-state index contributed by atoms with van der Waals surface area (Å²) in [6, 6.07) is -0.949. The van der Waals surface area contributed by atoms with Crippen LogP contribution >= 0.6 is 0 Å². The molecule has 1 amide bonds. The number of carbonyl (C=O) groups excluding carboxylic acids is 1. The number of aliphatic hydroxyl groups is 8. The largest absolute Gasteiger partial charge is 0.394 e. The molecule has 0 aromatic rings. The molecule has 576 valence electrons. The van der Waals surface area contributed by atoms with E-state index < -0.39 is 86.8 Å². The van der Waals surface area contributed by atoms with Gasteiger partial charge in [0.1, 0.15) is 48.8 Å². The van der Waals surface area contributed by atoms with Gasteiger partial charge in [-0.05, 0) is 103 Å². The molecular formula is C86H149NO13. The minimum Gasteiger partial charge on any atom is -0.394 e. The molecule has 14 heteroatoms. The summed E-state index contributed by atoms with van der Waals surface area (Å²) in [5.41, 5.74) is 0. The molecule has 0 aromatic carbocycles. The summed E-state index contributed by atoms with van der Waals surface area (Å²) in [6.07, 6.45) is 84.2. The topological polar surface area (TPSA) is 228 Å². The lowest BCUT2D eigenvalue weighted by molar-refractivity contribution is -0.359. The molecular weight excluding hydrogens is 1250 g/mol. The van der Waals surface area contributed by atoms with Gasteiger partial charge in [-0.1, -0.05) is 334 Å². The molecule has 2 heterocycles. The molecule has 0 saturated carbocycles. The Morgan fingerprint density at radius 1 is 0.370 bits per heavy atom. The number of amides is 1. The van der Waals surface area contributed by atoms with Gasteiger partial charge in [0.25, 0.3) is 0 Å².